The Hall–Kier alpha value is -1.71. The van der Waals surface area contributed by atoms with Crippen LogP contribution in [-0.2, 0) is 4.79 Å². The quantitative estimate of drug-likeness (QED) is 0.836. The molecule has 0 aromatic heterocycles. The van der Waals surface area contributed by atoms with Gasteiger partial charge in [-0.25, -0.2) is 0 Å². The van der Waals surface area contributed by atoms with E-state index in [2.05, 4.69) is 0 Å². The van der Waals surface area contributed by atoms with E-state index in [0.717, 1.165) is 31.7 Å². The highest BCUT2D eigenvalue weighted by molar-refractivity contribution is 5.81. The zero-order valence-electron chi connectivity index (χ0n) is 13.0. The predicted octanol–water partition coefficient (Wildman–Crippen LogP) is 3.26. The van der Waals surface area contributed by atoms with Gasteiger partial charge < -0.3 is 14.4 Å². The molecule has 0 saturated carbocycles. The van der Waals surface area contributed by atoms with Gasteiger partial charge in [-0.05, 0) is 31.4 Å². The fourth-order valence-corrected chi connectivity index (χ4v) is 2.64. The van der Waals surface area contributed by atoms with Crippen LogP contribution in [0.4, 0.5) is 0 Å². The fraction of sp³-hybridized carbons (Fsp3) is 0.588. The van der Waals surface area contributed by atoms with Gasteiger partial charge in [0, 0.05) is 19.2 Å². The fourth-order valence-electron chi connectivity index (χ4n) is 2.64. The molecule has 116 valence electrons. The van der Waals surface area contributed by atoms with Crippen molar-refractivity contribution >= 4 is 5.91 Å². The first-order valence-corrected chi connectivity index (χ1v) is 7.84. The van der Waals surface area contributed by atoms with Crippen molar-refractivity contribution in [1.29, 1.82) is 0 Å². The summed E-state index contributed by atoms with van der Waals surface area (Å²) in [7, 11) is 1.62. The van der Waals surface area contributed by atoms with E-state index in [0.29, 0.717) is 12.2 Å². The lowest BCUT2D eigenvalue weighted by Crippen LogP contribution is -2.42. The van der Waals surface area contributed by atoms with Crippen molar-refractivity contribution in [3.8, 4) is 11.5 Å². The highest BCUT2D eigenvalue weighted by Gasteiger charge is 2.25. The molecule has 1 atom stereocenters. The van der Waals surface area contributed by atoms with Gasteiger partial charge in [-0.2, -0.15) is 0 Å². The van der Waals surface area contributed by atoms with Gasteiger partial charge in [0.2, 0.25) is 0 Å². The molecule has 1 fully saturated rings. The molecular formula is C17H25NO3. The van der Waals surface area contributed by atoms with E-state index in [4.69, 9.17) is 9.47 Å². The van der Waals surface area contributed by atoms with Crippen LogP contribution in [0.3, 0.4) is 0 Å². The lowest BCUT2D eigenvalue weighted by molar-refractivity contribution is -0.138. The highest BCUT2D eigenvalue weighted by Crippen LogP contribution is 2.22. The molecule has 0 radical (unpaired) electrons. The van der Waals surface area contributed by atoms with Gasteiger partial charge in [0.1, 0.15) is 11.5 Å². The number of benzene rings is 1. The Morgan fingerprint density at radius 2 is 1.86 bits per heavy atom. The minimum atomic E-state index is -0.407. The van der Waals surface area contributed by atoms with Crippen LogP contribution < -0.4 is 9.47 Å². The number of hydrogen-bond acceptors (Lipinski definition) is 3. The largest absolute Gasteiger partial charge is 0.497 e. The summed E-state index contributed by atoms with van der Waals surface area (Å²) >= 11 is 0. The van der Waals surface area contributed by atoms with Crippen LogP contribution in [-0.4, -0.2) is 37.1 Å². The number of methoxy groups -OCH3 is 1. The van der Waals surface area contributed by atoms with Gasteiger partial charge in [0.05, 0.1) is 7.11 Å². The lowest BCUT2D eigenvalue weighted by Gasteiger charge is -2.26. The molecular weight excluding hydrogens is 266 g/mol. The van der Waals surface area contributed by atoms with Gasteiger partial charge in [-0.1, -0.05) is 25.8 Å². The van der Waals surface area contributed by atoms with E-state index in [1.807, 2.05) is 36.1 Å². The van der Waals surface area contributed by atoms with Crippen molar-refractivity contribution in [2.45, 2.75) is 45.1 Å². The third-order valence-corrected chi connectivity index (χ3v) is 3.88. The number of ether oxygens (including phenoxy) is 2. The molecule has 1 aliphatic rings. The molecule has 0 N–H and O–H groups in total. The summed E-state index contributed by atoms with van der Waals surface area (Å²) in [5, 5.41) is 0. The summed E-state index contributed by atoms with van der Waals surface area (Å²) < 4.78 is 11.1. The van der Waals surface area contributed by atoms with Crippen molar-refractivity contribution in [3.05, 3.63) is 24.3 Å². The van der Waals surface area contributed by atoms with Gasteiger partial charge >= 0.3 is 0 Å². The zero-order chi connectivity index (χ0) is 15.1. The topological polar surface area (TPSA) is 38.8 Å². The summed E-state index contributed by atoms with van der Waals surface area (Å²) in [5.74, 6) is 1.54. The molecule has 0 aliphatic carbocycles. The Morgan fingerprint density at radius 1 is 1.19 bits per heavy atom. The maximum absolute atomic E-state index is 12.6. The van der Waals surface area contributed by atoms with Crippen molar-refractivity contribution in [2.24, 2.45) is 0 Å². The summed E-state index contributed by atoms with van der Waals surface area (Å²) in [6.07, 6.45) is 4.90. The molecule has 4 nitrogen and oxygen atoms in total. The molecule has 0 spiro atoms. The molecule has 1 unspecified atom stereocenters. The van der Waals surface area contributed by atoms with E-state index in [-0.39, 0.29) is 5.91 Å². The molecule has 4 heteroatoms. The average Bonchev–Trinajstić information content (AvgIpc) is 2.81. The van der Waals surface area contributed by atoms with Crippen molar-refractivity contribution in [2.75, 3.05) is 20.2 Å². The van der Waals surface area contributed by atoms with E-state index in [1.54, 1.807) is 7.11 Å². The number of nitrogens with zero attached hydrogens (tertiary/aromatic N) is 1. The number of carbonyl (C=O) groups excluding carboxylic acids is 1. The first kappa shape index (κ1) is 15.7. The van der Waals surface area contributed by atoms with Crippen molar-refractivity contribution in [3.63, 3.8) is 0 Å². The molecule has 1 aliphatic heterocycles. The second kappa shape index (κ2) is 7.91. The summed E-state index contributed by atoms with van der Waals surface area (Å²) in [5.41, 5.74) is 0. The van der Waals surface area contributed by atoms with Gasteiger partial charge in [0.15, 0.2) is 6.10 Å². The van der Waals surface area contributed by atoms with Crippen LogP contribution in [0.15, 0.2) is 24.3 Å². The van der Waals surface area contributed by atoms with Crippen LogP contribution >= 0.6 is 0 Å². The standard InChI is InChI=1S/C17H25NO3/c1-3-16(17(19)18-11-6-4-5-7-12-18)21-15-10-8-9-14(13-15)20-2/h8-10,13,16H,3-7,11-12H2,1-2H3. The molecule has 2 rings (SSSR count). The maximum atomic E-state index is 12.6. The smallest absolute Gasteiger partial charge is 0.263 e. The van der Waals surface area contributed by atoms with E-state index >= 15 is 0 Å². The highest BCUT2D eigenvalue weighted by atomic mass is 16.5. The Bertz CT molecular complexity index is 453. The number of likely N-dealkylation sites (tertiary alicyclic amines) is 1. The van der Waals surface area contributed by atoms with Crippen molar-refractivity contribution < 1.29 is 14.3 Å². The third-order valence-electron chi connectivity index (χ3n) is 3.88. The van der Waals surface area contributed by atoms with Crippen LogP contribution in [0.2, 0.25) is 0 Å². The van der Waals surface area contributed by atoms with Gasteiger partial charge in [-0.15, -0.1) is 0 Å². The average molecular weight is 291 g/mol. The Morgan fingerprint density at radius 3 is 2.48 bits per heavy atom. The number of carbonyl (C=O) groups is 1. The molecule has 21 heavy (non-hydrogen) atoms. The number of rotatable bonds is 5. The molecule has 0 bridgehead atoms. The Labute approximate surface area is 127 Å². The van der Waals surface area contributed by atoms with E-state index in [9.17, 15) is 4.79 Å². The predicted molar refractivity (Wildman–Crippen MR) is 82.7 cm³/mol. The normalized spacial score (nSPS) is 17.0. The number of amides is 1. The maximum Gasteiger partial charge on any atom is 0.263 e. The lowest BCUT2D eigenvalue weighted by atomic mass is 10.2. The molecule has 1 aromatic rings. The molecule has 1 saturated heterocycles. The third kappa shape index (κ3) is 4.38. The SMILES string of the molecule is CCC(Oc1cccc(OC)c1)C(=O)N1CCCCCC1. The second-order valence-electron chi connectivity index (χ2n) is 5.43. The summed E-state index contributed by atoms with van der Waals surface area (Å²) in [6, 6.07) is 7.42. The molecule has 1 heterocycles. The zero-order valence-corrected chi connectivity index (χ0v) is 13.0. The van der Waals surface area contributed by atoms with E-state index in [1.165, 1.54) is 12.8 Å². The molecule has 1 amide bonds. The Kier molecular flexibility index (Phi) is 5.90. The van der Waals surface area contributed by atoms with E-state index < -0.39 is 6.10 Å². The second-order valence-corrected chi connectivity index (χ2v) is 5.43. The van der Waals surface area contributed by atoms with Crippen LogP contribution in [0, 0.1) is 0 Å². The summed E-state index contributed by atoms with van der Waals surface area (Å²) in [4.78, 5) is 14.6. The molecule has 1 aromatic carbocycles. The first-order chi connectivity index (χ1) is 10.2. The van der Waals surface area contributed by atoms with Crippen LogP contribution in [0.25, 0.3) is 0 Å². The van der Waals surface area contributed by atoms with Crippen LogP contribution in [0.5, 0.6) is 11.5 Å². The number of hydrogen-bond donors (Lipinski definition) is 0. The van der Waals surface area contributed by atoms with Gasteiger partial charge in [-0.3, -0.25) is 4.79 Å². The first-order valence-electron chi connectivity index (χ1n) is 7.84. The minimum Gasteiger partial charge on any atom is -0.497 e. The van der Waals surface area contributed by atoms with Crippen molar-refractivity contribution in [1.82, 2.24) is 4.90 Å². The van der Waals surface area contributed by atoms with Gasteiger partial charge in [0.25, 0.3) is 5.91 Å². The monoisotopic (exact) mass is 291 g/mol. The minimum absolute atomic E-state index is 0.113. The summed E-state index contributed by atoms with van der Waals surface area (Å²) in [6.45, 7) is 3.70. The van der Waals surface area contributed by atoms with Crippen LogP contribution in [0.1, 0.15) is 39.0 Å². The Balaban J connectivity index is 2.02.